The molecule has 0 aliphatic heterocycles. The SMILES string of the molecule is COc1cc(C(NN)C(C)(C)S(C)(=O)=O)ccc1Cl. The highest BCUT2D eigenvalue weighted by atomic mass is 35.5. The molecule has 0 aliphatic rings. The number of sulfone groups is 1. The molecule has 108 valence electrons. The Kier molecular flexibility index (Phi) is 4.84. The monoisotopic (exact) mass is 306 g/mol. The summed E-state index contributed by atoms with van der Waals surface area (Å²) in [5, 5.41) is 0.458. The Balaban J connectivity index is 3.32. The van der Waals surface area contributed by atoms with Gasteiger partial charge in [0, 0.05) is 6.26 Å². The number of nitrogens with one attached hydrogen (secondary N) is 1. The van der Waals surface area contributed by atoms with E-state index in [1.807, 2.05) is 0 Å². The third kappa shape index (κ3) is 3.20. The van der Waals surface area contributed by atoms with E-state index in [9.17, 15) is 8.42 Å². The molecular formula is C12H19ClN2O3S. The molecule has 1 aromatic rings. The van der Waals surface area contributed by atoms with E-state index < -0.39 is 20.6 Å². The zero-order valence-corrected chi connectivity index (χ0v) is 13.0. The number of nitrogens with two attached hydrogens (primary N) is 1. The molecular weight excluding hydrogens is 288 g/mol. The summed E-state index contributed by atoms with van der Waals surface area (Å²) in [5.74, 6) is 6.00. The van der Waals surface area contributed by atoms with Gasteiger partial charge in [0.2, 0.25) is 0 Å². The highest BCUT2D eigenvalue weighted by Crippen LogP contribution is 2.35. The van der Waals surface area contributed by atoms with Gasteiger partial charge in [-0.25, -0.2) is 8.42 Å². The number of rotatable bonds is 5. The van der Waals surface area contributed by atoms with Crippen LogP contribution in [0, 0.1) is 0 Å². The van der Waals surface area contributed by atoms with Crippen LogP contribution in [0.4, 0.5) is 0 Å². The Morgan fingerprint density at radius 1 is 1.42 bits per heavy atom. The number of benzene rings is 1. The Labute approximate surface area is 119 Å². The lowest BCUT2D eigenvalue weighted by atomic mass is 9.95. The van der Waals surface area contributed by atoms with Crippen LogP contribution in [0.1, 0.15) is 25.5 Å². The minimum Gasteiger partial charge on any atom is -0.495 e. The summed E-state index contributed by atoms with van der Waals surface area (Å²) in [7, 11) is -1.81. The van der Waals surface area contributed by atoms with Gasteiger partial charge in [0.25, 0.3) is 0 Å². The molecule has 1 atom stereocenters. The van der Waals surface area contributed by atoms with E-state index in [1.54, 1.807) is 32.0 Å². The first-order valence-corrected chi connectivity index (χ1v) is 7.91. The van der Waals surface area contributed by atoms with Crippen LogP contribution in [-0.2, 0) is 9.84 Å². The van der Waals surface area contributed by atoms with E-state index in [-0.39, 0.29) is 0 Å². The highest BCUT2D eigenvalue weighted by Gasteiger charge is 2.39. The Morgan fingerprint density at radius 3 is 2.42 bits per heavy atom. The van der Waals surface area contributed by atoms with Crippen LogP contribution in [0.3, 0.4) is 0 Å². The lowest BCUT2D eigenvalue weighted by Gasteiger charge is -2.32. The molecule has 5 nitrogen and oxygen atoms in total. The van der Waals surface area contributed by atoms with Crippen molar-refractivity contribution in [3.05, 3.63) is 28.8 Å². The molecule has 0 spiro atoms. The molecule has 0 bridgehead atoms. The molecule has 7 heteroatoms. The molecule has 0 aliphatic carbocycles. The van der Waals surface area contributed by atoms with Crippen LogP contribution in [0.25, 0.3) is 0 Å². The van der Waals surface area contributed by atoms with Crippen LogP contribution in [0.5, 0.6) is 5.75 Å². The summed E-state index contributed by atoms with van der Waals surface area (Å²) in [4.78, 5) is 0. The molecule has 0 amide bonds. The summed E-state index contributed by atoms with van der Waals surface area (Å²) in [6, 6.07) is 4.48. The summed E-state index contributed by atoms with van der Waals surface area (Å²) in [6.07, 6.45) is 1.19. The zero-order valence-electron chi connectivity index (χ0n) is 11.4. The number of ether oxygens (including phenoxy) is 1. The largest absolute Gasteiger partial charge is 0.495 e. The zero-order chi connectivity index (χ0) is 14.8. The number of hydrogen-bond acceptors (Lipinski definition) is 5. The molecule has 19 heavy (non-hydrogen) atoms. The van der Waals surface area contributed by atoms with Crippen LogP contribution in [0.2, 0.25) is 5.02 Å². The van der Waals surface area contributed by atoms with Crippen LogP contribution in [-0.4, -0.2) is 26.5 Å². The van der Waals surface area contributed by atoms with Crippen LogP contribution < -0.4 is 16.0 Å². The van der Waals surface area contributed by atoms with Crippen LogP contribution in [0.15, 0.2) is 18.2 Å². The Hall–Kier alpha value is -0.820. The smallest absolute Gasteiger partial charge is 0.154 e. The fourth-order valence-electron chi connectivity index (χ4n) is 1.77. The quantitative estimate of drug-likeness (QED) is 0.639. The molecule has 1 rings (SSSR count). The number of hydrogen-bond donors (Lipinski definition) is 2. The van der Waals surface area contributed by atoms with Gasteiger partial charge in [-0.05, 0) is 31.5 Å². The minimum atomic E-state index is -3.31. The predicted molar refractivity (Wildman–Crippen MR) is 77.0 cm³/mol. The molecule has 1 aromatic carbocycles. The van der Waals surface area contributed by atoms with Gasteiger partial charge in [0.05, 0.1) is 22.9 Å². The standard InChI is InChI=1S/C12H19ClN2O3S/c1-12(2,19(4,16)17)11(15-14)8-5-6-9(13)10(7-8)18-3/h5-7,11,15H,14H2,1-4H3. The summed E-state index contributed by atoms with van der Waals surface area (Å²) in [6.45, 7) is 3.24. The highest BCUT2D eigenvalue weighted by molar-refractivity contribution is 7.92. The maximum atomic E-state index is 11.9. The lowest BCUT2D eigenvalue weighted by Crippen LogP contribution is -2.47. The Bertz CT molecular complexity index is 558. The van der Waals surface area contributed by atoms with Gasteiger partial charge in [-0.2, -0.15) is 0 Å². The van der Waals surface area contributed by atoms with Gasteiger partial charge in [-0.15, -0.1) is 0 Å². The maximum absolute atomic E-state index is 11.9. The second-order valence-corrected chi connectivity index (χ2v) is 7.87. The first-order valence-electron chi connectivity index (χ1n) is 5.64. The van der Waals surface area contributed by atoms with Crippen molar-refractivity contribution in [1.82, 2.24) is 5.43 Å². The molecule has 3 N–H and O–H groups in total. The predicted octanol–water partition coefficient (Wildman–Crippen LogP) is 1.68. The van der Waals surface area contributed by atoms with Crippen molar-refractivity contribution in [2.24, 2.45) is 5.84 Å². The van der Waals surface area contributed by atoms with E-state index in [0.717, 1.165) is 0 Å². The average Bonchev–Trinajstić information content (AvgIpc) is 2.30. The normalized spacial score (nSPS) is 14.2. The summed E-state index contributed by atoms with van der Waals surface area (Å²) in [5.41, 5.74) is 3.25. The second-order valence-electron chi connectivity index (χ2n) is 4.87. The minimum absolute atomic E-state index is 0.458. The van der Waals surface area contributed by atoms with Gasteiger partial charge in [-0.3, -0.25) is 11.3 Å². The third-order valence-corrected chi connectivity index (χ3v) is 5.79. The van der Waals surface area contributed by atoms with Gasteiger partial charge in [-0.1, -0.05) is 17.7 Å². The van der Waals surface area contributed by atoms with E-state index in [1.165, 1.54) is 13.4 Å². The van der Waals surface area contributed by atoms with Crippen LogP contribution >= 0.6 is 11.6 Å². The van der Waals surface area contributed by atoms with E-state index in [4.69, 9.17) is 22.2 Å². The van der Waals surface area contributed by atoms with E-state index >= 15 is 0 Å². The van der Waals surface area contributed by atoms with Crippen molar-refractivity contribution in [1.29, 1.82) is 0 Å². The van der Waals surface area contributed by atoms with Gasteiger partial charge < -0.3 is 4.74 Å². The number of hydrazine groups is 1. The van der Waals surface area contributed by atoms with Crippen molar-refractivity contribution >= 4 is 21.4 Å². The summed E-state index contributed by atoms with van der Waals surface area (Å²) < 4.78 is 27.9. The van der Waals surface area contributed by atoms with E-state index in [0.29, 0.717) is 16.3 Å². The fourth-order valence-corrected chi connectivity index (χ4v) is 2.60. The summed E-state index contributed by atoms with van der Waals surface area (Å²) >= 11 is 5.95. The topological polar surface area (TPSA) is 81.4 Å². The molecule has 0 fully saturated rings. The van der Waals surface area contributed by atoms with Crippen molar-refractivity contribution < 1.29 is 13.2 Å². The molecule has 0 radical (unpaired) electrons. The van der Waals surface area contributed by atoms with Crippen molar-refractivity contribution in [3.8, 4) is 5.75 Å². The number of methoxy groups -OCH3 is 1. The number of halogens is 1. The van der Waals surface area contributed by atoms with Gasteiger partial charge in [0.1, 0.15) is 5.75 Å². The van der Waals surface area contributed by atoms with E-state index in [2.05, 4.69) is 5.43 Å². The molecule has 0 aromatic heterocycles. The first kappa shape index (κ1) is 16.2. The van der Waals surface area contributed by atoms with Crippen molar-refractivity contribution in [2.45, 2.75) is 24.6 Å². The third-order valence-electron chi connectivity index (χ3n) is 3.33. The maximum Gasteiger partial charge on any atom is 0.154 e. The van der Waals surface area contributed by atoms with Crippen molar-refractivity contribution in [2.75, 3.05) is 13.4 Å². The van der Waals surface area contributed by atoms with Gasteiger partial charge >= 0.3 is 0 Å². The Morgan fingerprint density at radius 2 is 2.00 bits per heavy atom. The van der Waals surface area contributed by atoms with Crippen molar-refractivity contribution in [3.63, 3.8) is 0 Å². The fraction of sp³-hybridized carbons (Fsp3) is 0.500. The molecule has 0 saturated heterocycles. The van der Waals surface area contributed by atoms with Gasteiger partial charge in [0.15, 0.2) is 9.84 Å². The molecule has 0 heterocycles. The molecule has 1 unspecified atom stereocenters. The second kappa shape index (κ2) is 5.66. The lowest BCUT2D eigenvalue weighted by molar-refractivity contribution is 0.406. The first-order chi connectivity index (χ1) is 8.65. The molecule has 0 saturated carbocycles. The average molecular weight is 307 g/mol.